The second kappa shape index (κ2) is 5.14. The third-order valence-corrected chi connectivity index (χ3v) is 2.47. The van der Waals surface area contributed by atoms with E-state index in [4.69, 9.17) is 10.4 Å². The molecule has 0 atom stereocenters. The largest absolute Gasteiger partial charge is 0.392 e. The van der Waals surface area contributed by atoms with Crippen molar-refractivity contribution in [1.82, 2.24) is 4.98 Å². The summed E-state index contributed by atoms with van der Waals surface area (Å²) in [5.74, 6) is 0. The summed E-state index contributed by atoms with van der Waals surface area (Å²) >= 11 is 3.03. The Labute approximate surface area is 93.5 Å². The molecule has 6 heteroatoms. The predicted octanol–water partition coefficient (Wildman–Crippen LogP) is 2.28. The molecule has 0 fully saturated rings. The van der Waals surface area contributed by atoms with Crippen LogP contribution in [0.1, 0.15) is 28.8 Å². The third-order valence-electron chi connectivity index (χ3n) is 1.91. The highest BCUT2D eigenvalue weighted by molar-refractivity contribution is 9.08. The Hall–Kier alpha value is -1.06. The molecular weight excluding hydrogens is 270 g/mol. The summed E-state index contributed by atoms with van der Waals surface area (Å²) in [6, 6.07) is 1.80. The molecule has 1 heterocycles. The van der Waals surface area contributed by atoms with Gasteiger partial charge in [0, 0.05) is 22.7 Å². The molecule has 3 nitrogen and oxygen atoms in total. The van der Waals surface area contributed by atoms with Gasteiger partial charge in [-0.1, -0.05) is 15.9 Å². The van der Waals surface area contributed by atoms with E-state index in [1.165, 1.54) is 0 Å². The molecule has 0 amide bonds. The Morgan fingerprint density at radius 2 is 2.27 bits per heavy atom. The minimum atomic E-state index is -2.72. The molecule has 0 aliphatic carbocycles. The monoisotopic (exact) mass is 276 g/mol. The average Bonchev–Trinajstić information content (AvgIpc) is 2.26. The molecular formula is C9H7BrF2N2O. The zero-order valence-electron chi connectivity index (χ0n) is 7.54. The normalized spacial score (nSPS) is 10.4. The van der Waals surface area contributed by atoms with Gasteiger partial charge >= 0.3 is 0 Å². The van der Waals surface area contributed by atoms with Crippen LogP contribution >= 0.6 is 15.9 Å². The summed E-state index contributed by atoms with van der Waals surface area (Å²) in [5.41, 5.74) is 0.0516. The number of rotatable bonds is 3. The number of aliphatic hydroxyl groups excluding tert-OH is 1. The van der Waals surface area contributed by atoms with Gasteiger partial charge in [-0.15, -0.1) is 0 Å². The average molecular weight is 277 g/mol. The van der Waals surface area contributed by atoms with Gasteiger partial charge in [-0.25, -0.2) is 8.78 Å². The maximum Gasteiger partial charge on any atom is 0.280 e. The number of alkyl halides is 3. The van der Waals surface area contributed by atoms with Crippen molar-refractivity contribution >= 4 is 15.9 Å². The Morgan fingerprint density at radius 3 is 2.67 bits per heavy atom. The first kappa shape index (κ1) is 12.0. The van der Waals surface area contributed by atoms with Crippen LogP contribution in [0.2, 0.25) is 0 Å². The number of aliphatic hydroxyl groups is 1. The van der Waals surface area contributed by atoms with Crippen LogP contribution in [0.4, 0.5) is 8.78 Å². The van der Waals surface area contributed by atoms with Gasteiger partial charge in [-0.05, 0) is 0 Å². The zero-order chi connectivity index (χ0) is 11.4. The lowest BCUT2D eigenvalue weighted by Crippen LogP contribution is -2.04. The second-order valence-corrected chi connectivity index (χ2v) is 3.29. The lowest BCUT2D eigenvalue weighted by molar-refractivity contribution is 0.145. The van der Waals surface area contributed by atoms with E-state index in [0.29, 0.717) is 0 Å². The number of aromatic nitrogens is 1. The number of nitriles is 1. The third kappa shape index (κ3) is 2.30. The molecule has 1 rings (SSSR count). The van der Waals surface area contributed by atoms with Crippen molar-refractivity contribution in [2.24, 2.45) is 0 Å². The van der Waals surface area contributed by atoms with Gasteiger partial charge in [0.05, 0.1) is 18.2 Å². The standard InChI is InChI=1S/C9H7BrF2N2O/c10-1-6-7(2-13)5(4-15)3-14-8(6)9(11)12/h3,9,15H,1,4H2. The number of halogens is 3. The van der Waals surface area contributed by atoms with Gasteiger partial charge in [0.2, 0.25) is 0 Å². The van der Waals surface area contributed by atoms with Crippen molar-refractivity contribution in [2.45, 2.75) is 18.4 Å². The Balaban J connectivity index is 3.43. The van der Waals surface area contributed by atoms with Gasteiger partial charge in [-0.3, -0.25) is 4.98 Å². The van der Waals surface area contributed by atoms with E-state index in [-0.39, 0.29) is 28.6 Å². The highest BCUT2D eigenvalue weighted by Gasteiger charge is 2.19. The fourth-order valence-corrected chi connectivity index (χ4v) is 1.76. The van der Waals surface area contributed by atoms with Crippen LogP contribution in [-0.4, -0.2) is 10.1 Å². The van der Waals surface area contributed by atoms with Gasteiger partial charge in [-0.2, -0.15) is 5.26 Å². The second-order valence-electron chi connectivity index (χ2n) is 2.73. The van der Waals surface area contributed by atoms with Gasteiger partial charge < -0.3 is 5.11 Å². The van der Waals surface area contributed by atoms with E-state index in [1.807, 2.05) is 0 Å². The minimum absolute atomic E-state index is 0.0691. The Kier molecular flexibility index (Phi) is 4.12. The van der Waals surface area contributed by atoms with E-state index >= 15 is 0 Å². The van der Waals surface area contributed by atoms with Crippen LogP contribution in [0.15, 0.2) is 6.20 Å². The summed E-state index contributed by atoms with van der Waals surface area (Å²) in [7, 11) is 0. The fourth-order valence-electron chi connectivity index (χ4n) is 1.19. The summed E-state index contributed by atoms with van der Waals surface area (Å²) in [6.45, 7) is -0.389. The molecule has 0 aliphatic rings. The smallest absolute Gasteiger partial charge is 0.280 e. The predicted molar refractivity (Wildman–Crippen MR) is 52.5 cm³/mol. The van der Waals surface area contributed by atoms with Crippen molar-refractivity contribution in [1.29, 1.82) is 5.26 Å². The van der Waals surface area contributed by atoms with Crippen LogP contribution in [-0.2, 0) is 11.9 Å². The maximum atomic E-state index is 12.5. The zero-order valence-corrected chi connectivity index (χ0v) is 9.13. The van der Waals surface area contributed by atoms with Crippen LogP contribution in [0.3, 0.4) is 0 Å². The van der Waals surface area contributed by atoms with Crippen LogP contribution in [0.5, 0.6) is 0 Å². The summed E-state index contributed by atoms with van der Waals surface area (Å²) in [4.78, 5) is 3.54. The SMILES string of the molecule is N#Cc1c(CO)cnc(C(F)F)c1CBr. The quantitative estimate of drug-likeness (QED) is 0.862. The molecule has 80 valence electrons. The van der Waals surface area contributed by atoms with E-state index in [2.05, 4.69) is 20.9 Å². The minimum Gasteiger partial charge on any atom is -0.392 e. The molecule has 1 aromatic heterocycles. The van der Waals surface area contributed by atoms with Crippen molar-refractivity contribution in [3.63, 3.8) is 0 Å². The van der Waals surface area contributed by atoms with Crippen LogP contribution < -0.4 is 0 Å². The number of hydrogen-bond donors (Lipinski definition) is 1. The maximum absolute atomic E-state index is 12.5. The van der Waals surface area contributed by atoms with Crippen molar-refractivity contribution < 1.29 is 13.9 Å². The van der Waals surface area contributed by atoms with Gasteiger partial charge in [0.25, 0.3) is 6.43 Å². The molecule has 0 aromatic carbocycles. The molecule has 0 bridgehead atoms. The van der Waals surface area contributed by atoms with Crippen LogP contribution in [0, 0.1) is 11.3 Å². The van der Waals surface area contributed by atoms with Crippen molar-refractivity contribution in [3.05, 3.63) is 28.6 Å². The van der Waals surface area contributed by atoms with Crippen molar-refractivity contribution in [2.75, 3.05) is 0 Å². The molecule has 15 heavy (non-hydrogen) atoms. The number of nitrogens with zero attached hydrogens (tertiary/aromatic N) is 2. The lowest BCUT2D eigenvalue weighted by atomic mass is 10.0. The van der Waals surface area contributed by atoms with Gasteiger partial charge in [0.15, 0.2) is 0 Å². The van der Waals surface area contributed by atoms with E-state index in [1.54, 1.807) is 6.07 Å². The Bertz CT molecular complexity index is 404. The first-order chi connectivity index (χ1) is 7.15. The highest BCUT2D eigenvalue weighted by Crippen LogP contribution is 2.26. The molecule has 0 saturated heterocycles. The fraction of sp³-hybridized carbons (Fsp3) is 0.333. The van der Waals surface area contributed by atoms with Crippen molar-refractivity contribution in [3.8, 4) is 6.07 Å². The van der Waals surface area contributed by atoms with E-state index in [0.717, 1.165) is 6.20 Å². The van der Waals surface area contributed by atoms with E-state index < -0.39 is 12.1 Å². The lowest BCUT2D eigenvalue weighted by Gasteiger charge is -2.09. The summed E-state index contributed by atoms with van der Waals surface area (Å²) in [6.07, 6.45) is -1.62. The highest BCUT2D eigenvalue weighted by atomic mass is 79.9. The Morgan fingerprint density at radius 1 is 1.60 bits per heavy atom. The van der Waals surface area contributed by atoms with Crippen LogP contribution in [0.25, 0.3) is 0 Å². The molecule has 0 spiro atoms. The summed E-state index contributed by atoms with van der Waals surface area (Å²) in [5, 5.41) is 17.8. The number of pyridine rings is 1. The number of hydrogen-bond acceptors (Lipinski definition) is 3. The molecule has 1 aromatic rings. The summed E-state index contributed by atoms with van der Waals surface area (Å²) < 4.78 is 25.0. The molecule has 0 radical (unpaired) electrons. The first-order valence-electron chi connectivity index (χ1n) is 4.01. The molecule has 0 aliphatic heterocycles. The molecule has 0 saturated carbocycles. The first-order valence-corrected chi connectivity index (χ1v) is 5.13. The topological polar surface area (TPSA) is 56.9 Å². The van der Waals surface area contributed by atoms with Gasteiger partial charge in [0.1, 0.15) is 5.69 Å². The van der Waals surface area contributed by atoms with E-state index in [9.17, 15) is 8.78 Å². The molecule has 1 N–H and O–H groups in total. The molecule has 0 unspecified atom stereocenters.